The lowest BCUT2D eigenvalue weighted by molar-refractivity contribution is -0.133. The Morgan fingerprint density at radius 1 is 0.674 bits per heavy atom. The standard InChI is InChI=1S/C36H42F2N6O2/c1-21(2)19-29(45)43-17-5-7-27(43)35-39-31(33(37)41-35)25-13-9-23(10-14-25)24-11-15-26(16-12-24)32-34(38)42-36(40-32)28-8-6-18-44(28)30(46)20-22(3)4/h9-16,21-22,27-28H,5-8,17-20H2,1-4H3,(H,39,41)(H,40,42)/t27-,28-/m0/s1. The van der Waals surface area contributed by atoms with Gasteiger partial charge in [0.05, 0.1) is 12.1 Å². The number of hydrogen-bond acceptors (Lipinski definition) is 4. The maximum atomic E-state index is 15.1. The van der Waals surface area contributed by atoms with Gasteiger partial charge >= 0.3 is 0 Å². The molecule has 0 bridgehead atoms. The lowest BCUT2D eigenvalue weighted by Crippen LogP contribution is -2.31. The summed E-state index contributed by atoms with van der Waals surface area (Å²) in [4.78, 5) is 43.9. The number of nitrogens with zero attached hydrogens (tertiary/aromatic N) is 4. The summed E-state index contributed by atoms with van der Waals surface area (Å²) < 4.78 is 30.1. The summed E-state index contributed by atoms with van der Waals surface area (Å²) in [7, 11) is 0. The van der Waals surface area contributed by atoms with E-state index in [-0.39, 0.29) is 35.7 Å². The minimum atomic E-state index is -0.582. The molecule has 10 heteroatoms. The fourth-order valence-corrected chi connectivity index (χ4v) is 6.73. The van der Waals surface area contributed by atoms with Gasteiger partial charge in [-0.15, -0.1) is 0 Å². The van der Waals surface area contributed by atoms with E-state index >= 15 is 8.78 Å². The van der Waals surface area contributed by atoms with Crippen LogP contribution in [0.1, 0.15) is 90.0 Å². The molecule has 2 aromatic heterocycles. The number of benzene rings is 2. The lowest BCUT2D eigenvalue weighted by Gasteiger charge is -2.24. The molecule has 0 radical (unpaired) electrons. The number of nitrogens with one attached hydrogen (secondary N) is 2. The van der Waals surface area contributed by atoms with E-state index < -0.39 is 11.9 Å². The third-order valence-corrected chi connectivity index (χ3v) is 8.98. The van der Waals surface area contributed by atoms with Crippen LogP contribution in [-0.2, 0) is 9.59 Å². The molecular weight excluding hydrogens is 586 g/mol. The number of amides is 2. The van der Waals surface area contributed by atoms with E-state index in [2.05, 4.69) is 19.9 Å². The number of likely N-dealkylation sites (tertiary alicyclic amines) is 2. The predicted octanol–water partition coefficient (Wildman–Crippen LogP) is 7.83. The van der Waals surface area contributed by atoms with Gasteiger partial charge in [-0.3, -0.25) is 9.59 Å². The van der Waals surface area contributed by atoms with Crippen molar-refractivity contribution in [2.75, 3.05) is 13.1 Å². The Balaban J connectivity index is 1.16. The summed E-state index contributed by atoms with van der Waals surface area (Å²) in [5.74, 6) is 0.478. The normalized spacial score (nSPS) is 18.3. The fourth-order valence-electron chi connectivity index (χ4n) is 6.73. The molecule has 2 atom stereocenters. The zero-order valence-electron chi connectivity index (χ0n) is 26.9. The quantitative estimate of drug-likeness (QED) is 0.197. The van der Waals surface area contributed by atoms with E-state index in [1.807, 2.05) is 86.0 Å². The maximum Gasteiger partial charge on any atom is 0.238 e. The van der Waals surface area contributed by atoms with Crippen LogP contribution >= 0.6 is 0 Å². The molecule has 4 heterocycles. The van der Waals surface area contributed by atoms with Crippen LogP contribution in [0.25, 0.3) is 33.6 Å². The predicted molar refractivity (Wildman–Crippen MR) is 173 cm³/mol. The molecule has 46 heavy (non-hydrogen) atoms. The molecule has 6 rings (SSSR count). The molecule has 0 unspecified atom stereocenters. The monoisotopic (exact) mass is 628 g/mol. The second-order valence-electron chi connectivity index (χ2n) is 13.4. The van der Waals surface area contributed by atoms with Crippen LogP contribution in [0.2, 0.25) is 0 Å². The van der Waals surface area contributed by atoms with Crippen molar-refractivity contribution < 1.29 is 18.4 Å². The first kappa shape index (κ1) is 31.6. The highest BCUT2D eigenvalue weighted by molar-refractivity contribution is 5.78. The van der Waals surface area contributed by atoms with Crippen molar-refractivity contribution in [3.8, 4) is 33.6 Å². The third kappa shape index (κ3) is 6.48. The van der Waals surface area contributed by atoms with E-state index in [1.54, 1.807) is 0 Å². The van der Waals surface area contributed by atoms with Crippen molar-refractivity contribution in [1.29, 1.82) is 0 Å². The minimum absolute atomic E-state index is 0.0796. The Labute approximate surface area is 268 Å². The number of carbonyl (C=O) groups is 2. The summed E-state index contributed by atoms with van der Waals surface area (Å²) in [5.41, 5.74) is 3.78. The number of halogens is 2. The fraction of sp³-hybridized carbons (Fsp3) is 0.444. The Morgan fingerprint density at radius 2 is 1.02 bits per heavy atom. The van der Waals surface area contributed by atoms with Crippen LogP contribution in [-0.4, -0.2) is 54.6 Å². The first-order chi connectivity index (χ1) is 22.1. The number of H-pyrrole nitrogens is 2. The molecule has 2 aliphatic rings. The number of aromatic amines is 2. The van der Waals surface area contributed by atoms with Gasteiger partial charge in [-0.05, 0) is 48.6 Å². The van der Waals surface area contributed by atoms with E-state index in [1.165, 1.54) is 0 Å². The third-order valence-electron chi connectivity index (χ3n) is 8.98. The van der Waals surface area contributed by atoms with Crippen LogP contribution in [0, 0.1) is 23.7 Å². The van der Waals surface area contributed by atoms with Gasteiger partial charge in [0.1, 0.15) is 23.0 Å². The van der Waals surface area contributed by atoms with E-state index in [0.717, 1.165) is 36.8 Å². The molecule has 0 spiro atoms. The number of imidazole rings is 2. The van der Waals surface area contributed by atoms with Crippen LogP contribution in [0.3, 0.4) is 0 Å². The second kappa shape index (κ2) is 13.2. The van der Waals surface area contributed by atoms with Crippen molar-refractivity contribution in [2.45, 2.75) is 78.3 Å². The van der Waals surface area contributed by atoms with Crippen LogP contribution < -0.4 is 0 Å². The number of carbonyl (C=O) groups excluding carboxylic acids is 2. The van der Waals surface area contributed by atoms with Gasteiger partial charge in [0, 0.05) is 37.1 Å². The summed E-state index contributed by atoms with van der Waals surface area (Å²) in [5, 5.41) is 0. The number of hydrogen-bond donors (Lipinski definition) is 2. The topological polar surface area (TPSA) is 98.0 Å². The minimum Gasteiger partial charge on any atom is -0.338 e. The van der Waals surface area contributed by atoms with Crippen LogP contribution in [0.15, 0.2) is 48.5 Å². The molecule has 8 nitrogen and oxygen atoms in total. The first-order valence-electron chi connectivity index (χ1n) is 16.4. The lowest BCUT2D eigenvalue weighted by atomic mass is 10.0. The summed E-state index contributed by atoms with van der Waals surface area (Å²) in [6.07, 6.45) is 4.18. The van der Waals surface area contributed by atoms with Gasteiger partial charge in [0.25, 0.3) is 0 Å². The summed E-state index contributed by atoms with van der Waals surface area (Å²) >= 11 is 0. The highest BCUT2D eigenvalue weighted by Crippen LogP contribution is 2.36. The Bertz CT molecular complexity index is 1570. The molecule has 2 N–H and O–H groups in total. The Morgan fingerprint density at radius 3 is 1.37 bits per heavy atom. The van der Waals surface area contributed by atoms with Crippen molar-refractivity contribution in [2.24, 2.45) is 11.8 Å². The first-order valence-corrected chi connectivity index (χ1v) is 16.4. The smallest absolute Gasteiger partial charge is 0.238 e. The van der Waals surface area contributed by atoms with Crippen molar-refractivity contribution in [3.63, 3.8) is 0 Å². The van der Waals surface area contributed by atoms with E-state index in [0.29, 0.717) is 60.1 Å². The van der Waals surface area contributed by atoms with E-state index in [4.69, 9.17) is 0 Å². The van der Waals surface area contributed by atoms with Crippen molar-refractivity contribution in [1.82, 2.24) is 29.7 Å². The molecule has 2 saturated heterocycles. The molecular formula is C36H42F2N6O2. The van der Waals surface area contributed by atoms with Gasteiger partial charge in [-0.25, -0.2) is 9.97 Å². The number of aromatic nitrogens is 4. The maximum absolute atomic E-state index is 15.1. The summed E-state index contributed by atoms with van der Waals surface area (Å²) in [6, 6.07) is 14.5. The molecule has 2 amide bonds. The number of rotatable bonds is 9. The molecule has 2 aliphatic heterocycles. The van der Waals surface area contributed by atoms with Gasteiger partial charge < -0.3 is 19.8 Å². The highest BCUT2D eigenvalue weighted by Gasteiger charge is 2.34. The SMILES string of the molecule is CC(C)CC(=O)N1CCC[C@H]1c1nc(F)c(-c2ccc(-c3ccc(-c4[nH]c([C@@H]5CCCN5C(=O)CC(C)C)nc4F)cc3)cc2)[nH]1. The highest BCUT2D eigenvalue weighted by atomic mass is 19.1. The van der Waals surface area contributed by atoms with Crippen LogP contribution in [0.4, 0.5) is 8.78 Å². The Hall–Kier alpha value is -4.34. The molecule has 2 fully saturated rings. The molecule has 4 aromatic rings. The van der Waals surface area contributed by atoms with E-state index in [9.17, 15) is 9.59 Å². The molecule has 2 aromatic carbocycles. The van der Waals surface area contributed by atoms with Gasteiger partial charge in [-0.1, -0.05) is 76.2 Å². The van der Waals surface area contributed by atoms with Crippen LogP contribution in [0.5, 0.6) is 0 Å². The largest absolute Gasteiger partial charge is 0.338 e. The molecule has 0 saturated carbocycles. The van der Waals surface area contributed by atoms with Gasteiger partial charge in [-0.2, -0.15) is 8.78 Å². The van der Waals surface area contributed by atoms with Gasteiger partial charge in [0.2, 0.25) is 23.7 Å². The average Bonchev–Trinajstić information content (AvgIpc) is 3.83. The Kier molecular flexibility index (Phi) is 9.06. The average molecular weight is 629 g/mol. The second-order valence-corrected chi connectivity index (χ2v) is 13.4. The van der Waals surface area contributed by atoms with Crippen molar-refractivity contribution >= 4 is 11.8 Å². The van der Waals surface area contributed by atoms with Crippen molar-refractivity contribution in [3.05, 3.63) is 72.1 Å². The molecule has 242 valence electrons. The molecule has 0 aliphatic carbocycles. The van der Waals surface area contributed by atoms with Gasteiger partial charge in [0.15, 0.2) is 0 Å². The zero-order chi connectivity index (χ0) is 32.5. The zero-order valence-corrected chi connectivity index (χ0v) is 26.9. The summed E-state index contributed by atoms with van der Waals surface area (Å²) in [6.45, 7) is 9.39.